The zero-order valence-corrected chi connectivity index (χ0v) is 31.6. The molecular formula is C38H61NO10. The maximum Gasteiger partial charge on any atom is 0.514 e. The smallest absolute Gasteiger partial charge is 0.503 e. The van der Waals surface area contributed by atoms with Crippen LogP contribution in [0.25, 0.3) is 0 Å². The molecule has 2 rings (SSSR count). The van der Waals surface area contributed by atoms with Crippen molar-refractivity contribution in [3.8, 4) is 11.5 Å². The lowest BCUT2D eigenvalue weighted by molar-refractivity contribution is -0.0116. The number of benzene rings is 1. The molecule has 1 heterocycles. The molecule has 2 aromatic rings. The molecule has 0 atom stereocenters. The fourth-order valence-corrected chi connectivity index (χ4v) is 4.84. The minimum atomic E-state index is -0.693. The summed E-state index contributed by atoms with van der Waals surface area (Å²) in [5, 5.41) is 9.72. The average Bonchev–Trinajstić information content (AvgIpc) is 2.98. The lowest BCUT2D eigenvalue weighted by Crippen LogP contribution is -2.28. The van der Waals surface area contributed by atoms with Gasteiger partial charge in [-0.15, -0.1) is 0 Å². The molecule has 0 aliphatic heterocycles. The fourth-order valence-electron chi connectivity index (χ4n) is 4.84. The molecule has 0 saturated carbocycles. The number of carbonyl (C=O) groups excluding carboxylic acids is 1. The van der Waals surface area contributed by atoms with Crippen LogP contribution in [-0.2, 0) is 52.2 Å². The minimum Gasteiger partial charge on any atom is -0.503 e. The summed E-state index contributed by atoms with van der Waals surface area (Å²) < 4.78 is 41.2. The third-order valence-electron chi connectivity index (χ3n) is 7.47. The number of aryl methyl sites for hydroxylation is 1. The number of aromatic nitrogens is 1. The molecule has 0 aliphatic rings. The molecule has 1 N–H and O–H groups in total. The van der Waals surface area contributed by atoms with Crippen LogP contribution in [0, 0.1) is 6.92 Å². The first kappa shape index (κ1) is 42.2. The first-order valence-corrected chi connectivity index (χ1v) is 17.3. The van der Waals surface area contributed by atoms with Crippen LogP contribution in [0.3, 0.4) is 0 Å². The van der Waals surface area contributed by atoms with Gasteiger partial charge in [0.1, 0.15) is 11.4 Å². The first-order valence-electron chi connectivity index (χ1n) is 17.3. The SMILES string of the molecule is Cc1c(O)c(=O)ccn1CCOCCOCCOCCOCCOCCCc1cc(C(C)(C)C)c(OC(=O)OC(C)(C)C)c(C(C)(C)C)c1. The lowest BCUT2D eigenvalue weighted by Gasteiger charge is -2.30. The number of ether oxygens (including phenoxy) is 7. The Kier molecular flexibility index (Phi) is 17.3. The van der Waals surface area contributed by atoms with E-state index >= 15 is 0 Å². The number of carbonyl (C=O) groups is 1. The van der Waals surface area contributed by atoms with Gasteiger partial charge in [-0.3, -0.25) is 4.79 Å². The van der Waals surface area contributed by atoms with Gasteiger partial charge in [-0.2, -0.15) is 0 Å². The lowest BCUT2D eigenvalue weighted by atomic mass is 9.78. The van der Waals surface area contributed by atoms with Crippen molar-refractivity contribution in [3.63, 3.8) is 0 Å². The highest BCUT2D eigenvalue weighted by molar-refractivity contribution is 5.67. The molecule has 0 saturated heterocycles. The van der Waals surface area contributed by atoms with Crippen molar-refractivity contribution in [1.29, 1.82) is 0 Å². The zero-order chi connectivity index (χ0) is 36.7. The monoisotopic (exact) mass is 691 g/mol. The highest BCUT2D eigenvalue weighted by atomic mass is 16.7. The molecule has 0 bridgehead atoms. The van der Waals surface area contributed by atoms with E-state index in [2.05, 4.69) is 53.7 Å². The molecule has 11 nitrogen and oxygen atoms in total. The molecule has 0 aliphatic carbocycles. The molecule has 0 fully saturated rings. The van der Waals surface area contributed by atoms with Crippen molar-refractivity contribution < 1.29 is 43.1 Å². The number of hydrogen-bond donors (Lipinski definition) is 1. The largest absolute Gasteiger partial charge is 0.514 e. The summed E-state index contributed by atoms with van der Waals surface area (Å²) >= 11 is 0. The predicted octanol–water partition coefficient (Wildman–Crippen LogP) is 6.49. The van der Waals surface area contributed by atoms with Gasteiger partial charge in [0.05, 0.1) is 65.2 Å². The van der Waals surface area contributed by atoms with Gasteiger partial charge < -0.3 is 42.8 Å². The summed E-state index contributed by atoms with van der Waals surface area (Å²) in [5.74, 6) is 0.360. The number of pyridine rings is 1. The van der Waals surface area contributed by atoms with E-state index in [0.29, 0.717) is 84.1 Å². The Balaban J connectivity index is 1.59. The Morgan fingerprint density at radius 3 is 1.61 bits per heavy atom. The molecule has 1 aromatic heterocycles. The van der Waals surface area contributed by atoms with Gasteiger partial charge in [0.2, 0.25) is 5.43 Å². The summed E-state index contributed by atoms with van der Waals surface area (Å²) in [4.78, 5) is 24.1. The van der Waals surface area contributed by atoms with Crippen LogP contribution < -0.4 is 10.2 Å². The van der Waals surface area contributed by atoms with E-state index < -0.39 is 11.8 Å². The molecule has 1 aromatic carbocycles. The van der Waals surface area contributed by atoms with Gasteiger partial charge in [-0.25, -0.2) is 4.79 Å². The van der Waals surface area contributed by atoms with Gasteiger partial charge in [0.15, 0.2) is 5.75 Å². The molecule has 0 unspecified atom stereocenters. The Bertz CT molecular complexity index is 1310. The van der Waals surface area contributed by atoms with Crippen molar-refractivity contribution >= 4 is 6.16 Å². The standard InChI is InChI=1S/C38H61NO10/c1-28-33(41)32(40)13-14-39(28)15-17-44-19-21-46-23-25-47-24-22-45-20-18-43-16-11-12-29-26-30(36(2,3)4)34(31(27-29)37(5,6)7)48-35(42)49-38(8,9)10/h13-14,26-27,41H,11-12,15-25H2,1-10H3. The molecule has 11 heteroatoms. The average molecular weight is 692 g/mol. The van der Waals surface area contributed by atoms with E-state index in [0.717, 1.165) is 24.0 Å². The molecular weight excluding hydrogens is 630 g/mol. The third kappa shape index (κ3) is 16.1. The van der Waals surface area contributed by atoms with Crippen LogP contribution in [0.15, 0.2) is 29.2 Å². The summed E-state index contributed by atoms with van der Waals surface area (Å²) in [7, 11) is 0. The van der Waals surface area contributed by atoms with Gasteiger partial charge in [0.25, 0.3) is 0 Å². The van der Waals surface area contributed by atoms with E-state index in [-0.39, 0.29) is 22.0 Å². The van der Waals surface area contributed by atoms with Crippen LogP contribution in [0.4, 0.5) is 4.79 Å². The van der Waals surface area contributed by atoms with Crippen molar-refractivity contribution in [2.45, 2.75) is 105 Å². The topological polar surface area (TPSA) is 124 Å². The van der Waals surface area contributed by atoms with Crippen molar-refractivity contribution in [1.82, 2.24) is 4.57 Å². The van der Waals surface area contributed by atoms with Crippen molar-refractivity contribution in [3.05, 3.63) is 57.0 Å². The van der Waals surface area contributed by atoms with Crippen molar-refractivity contribution in [2.75, 3.05) is 66.1 Å². The van der Waals surface area contributed by atoms with Gasteiger partial charge in [-0.05, 0) is 56.9 Å². The first-order chi connectivity index (χ1) is 22.9. The van der Waals surface area contributed by atoms with Crippen LogP contribution in [0.1, 0.15) is 91.1 Å². The summed E-state index contributed by atoms with van der Waals surface area (Å²) in [5.41, 5.74) is 2.15. The zero-order valence-electron chi connectivity index (χ0n) is 31.6. The van der Waals surface area contributed by atoms with E-state index in [9.17, 15) is 14.7 Å². The number of aromatic hydroxyl groups is 1. The second-order valence-corrected chi connectivity index (χ2v) is 15.1. The summed E-state index contributed by atoms with van der Waals surface area (Å²) in [6, 6.07) is 5.63. The van der Waals surface area contributed by atoms with Crippen molar-refractivity contribution in [2.24, 2.45) is 0 Å². The summed E-state index contributed by atoms with van der Waals surface area (Å²) in [6.45, 7) is 25.3. The Hall–Kier alpha value is -2.96. The maximum absolute atomic E-state index is 12.7. The minimum absolute atomic E-state index is 0.226. The normalized spacial score (nSPS) is 12.4. The van der Waals surface area contributed by atoms with Crippen LogP contribution >= 0.6 is 0 Å². The second-order valence-electron chi connectivity index (χ2n) is 15.1. The van der Waals surface area contributed by atoms with Crippen LogP contribution in [0.5, 0.6) is 11.5 Å². The molecule has 0 amide bonds. The number of nitrogens with zero attached hydrogens (tertiary/aromatic N) is 1. The van der Waals surface area contributed by atoms with Crippen LogP contribution in [0.2, 0.25) is 0 Å². The molecule has 0 spiro atoms. The Labute approximate surface area is 293 Å². The highest BCUT2D eigenvalue weighted by Crippen LogP contribution is 2.41. The number of hydrogen-bond acceptors (Lipinski definition) is 10. The fraction of sp³-hybridized carbons (Fsp3) is 0.684. The maximum atomic E-state index is 12.7. The Morgan fingerprint density at radius 1 is 0.714 bits per heavy atom. The van der Waals surface area contributed by atoms with E-state index in [1.165, 1.54) is 11.6 Å². The predicted molar refractivity (Wildman–Crippen MR) is 190 cm³/mol. The van der Waals surface area contributed by atoms with Gasteiger partial charge >= 0.3 is 6.16 Å². The van der Waals surface area contributed by atoms with E-state index in [4.69, 9.17) is 33.2 Å². The Morgan fingerprint density at radius 2 is 1.16 bits per heavy atom. The molecule has 0 radical (unpaired) electrons. The van der Waals surface area contributed by atoms with E-state index in [1.54, 1.807) is 17.7 Å². The van der Waals surface area contributed by atoms with Gasteiger partial charge in [0, 0.05) is 36.5 Å². The van der Waals surface area contributed by atoms with E-state index in [1.807, 2.05) is 20.8 Å². The second kappa shape index (κ2) is 20.0. The quantitative estimate of drug-likeness (QED) is 0.0937. The number of rotatable bonds is 20. The molecule has 278 valence electrons. The van der Waals surface area contributed by atoms with Gasteiger partial charge in [-0.1, -0.05) is 53.7 Å². The highest BCUT2D eigenvalue weighted by Gasteiger charge is 2.30. The third-order valence-corrected chi connectivity index (χ3v) is 7.47. The summed E-state index contributed by atoms with van der Waals surface area (Å²) in [6.07, 6.45) is 2.64. The molecule has 49 heavy (non-hydrogen) atoms. The van der Waals surface area contributed by atoms with Crippen LogP contribution in [-0.4, -0.2) is 87.5 Å².